The molecule has 5 heteroatoms. The molecule has 0 aromatic carbocycles. The molecule has 0 aliphatic heterocycles. The van der Waals surface area contributed by atoms with E-state index in [9.17, 15) is 14.7 Å². The molecule has 3 saturated carbocycles. The van der Waals surface area contributed by atoms with E-state index in [4.69, 9.17) is 4.74 Å². The van der Waals surface area contributed by atoms with Crippen molar-refractivity contribution in [2.24, 2.45) is 33.0 Å². The maximum absolute atomic E-state index is 12.7. The Bertz CT molecular complexity index is 1190. The van der Waals surface area contributed by atoms with E-state index in [1.54, 1.807) is 20.2 Å². The molecule has 0 aromatic rings. The van der Waals surface area contributed by atoms with Crippen LogP contribution in [-0.4, -0.2) is 42.6 Å². The monoisotopic (exact) mass is 507 g/mol. The lowest BCUT2D eigenvalue weighted by atomic mass is 9.34. The highest BCUT2D eigenvalue weighted by Gasteiger charge is 2.66. The van der Waals surface area contributed by atoms with Crippen molar-refractivity contribution in [2.75, 3.05) is 20.7 Å². The molecule has 1 amide bonds. The van der Waals surface area contributed by atoms with Gasteiger partial charge in [0.1, 0.15) is 0 Å². The van der Waals surface area contributed by atoms with Gasteiger partial charge in [-0.25, -0.2) is 4.79 Å². The van der Waals surface area contributed by atoms with Gasteiger partial charge in [0.2, 0.25) is 5.78 Å². The summed E-state index contributed by atoms with van der Waals surface area (Å²) in [4.78, 5) is 26.4. The summed E-state index contributed by atoms with van der Waals surface area (Å²) in [6.45, 7) is 14.5. The van der Waals surface area contributed by atoms with E-state index >= 15 is 0 Å². The average Bonchev–Trinajstić information content (AvgIpc) is 2.84. The van der Waals surface area contributed by atoms with Gasteiger partial charge in [0.25, 0.3) is 0 Å². The third-order valence-electron chi connectivity index (χ3n) is 11.9. The number of carbonyl (C=O) groups excluding carboxylic acids is 2. The molecule has 6 atom stereocenters. The number of allylic oxidation sites excluding steroid dienone is 7. The topological polar surface area (TPSA) is 66.8 Å². The molecule has 0 radical (unpaired) electrons. The quantitative estimate of drug-likeness (QED) is 0.425. The second-order valence-corrected chi connectivity index (χ2v) is 14.3. The Kier molecular flexibility index (Phi) is 5.76. The molecule has 0 aromatic heterocycles. The van der Waals surface area contributed by atoms with Gasteiger partial charge in [-0.1, -0.05) is 52.3 Å². The third kappa shape index (κ3) is 3.55. The van der Waals surface area contributed by atoms with Crippen LogP contribution >= 0.6 is 0 Å². The number of hydrogen-bond acceptors (Lipinski definition) is 4. The van der Waals surface area contributed by atoms with Gasteiger partial charge >= 0.3 is 6.09 Å². The van der Waals surface area contributed by atoms with E-state index in [0.29, 0.717) is 18.1 Å². The highest BCUT2D eigenvalue weighted by atomic mass is 16.6. The lowest BCUT2D eigenvalue weighted by molar-refractivity contribution is -0.166. The Balaban J connectivity index is 1.53. The Morgan fingerprint density at radius 2 is 1.70 bits per heavy atom. The van der Waals surface area contributed by atoms with E-state index in [0.717, 1.165) is 43.3 Å². The number of carbonyl (C=O) groups is 2. The number of hydrogen-bond donors (Lipinski definition) is 1. The van der Waals surface area contributed by atoms with Gasteiger partial charge in [-0.2, -0.15) is 0 Å². The summed E-state index contributed by atoms with van der Waals surface area (Å²) in [5, 5.41) is 10.3. The SMILES string of the molecule is CC1=C(O)C(=O)C=C2C1=CC=C1[C@@]2(C)CC[C@@]2(C)[C@@H]3C[C@](C)(COC(=O)N(C)C)CC[C@@]3(C)CC[C@]12C. The van der Waals surface area contributed by atoms with Gasteiger partial charge < -0.3 is 14.7 Å². The first-order chi connectivity index (χ1) is 17.1. The zero-order valence-electron chi connectivity index (χ0n) is 24.1. The molecule has 0 saturated heterocycles. The van der Waals surface area contributed by atoms with Gasteiger partial charge in [0, 0.05) is 30.5 Å². The van der Waals surface area contributed by atoms with Crippen molar-refractivity contribution in [3.63, 3.8) is 0 Å². The van der Waals surface area contributed by atoms with E-state index in [1.165, 1.54) is 23.3 Å². The number of amides is 1. The van der Waals surface area contributed by atoms with Crippen molar-refractivity contribution in [1.82, 2.24) is 4.90 Å². The lowest BCUT2D eigenvalue weighted by Crippen LogP contribution is -2.62. The molecule has 3 fully saturated rings. The second kappa shape index (κ2) is 8.10. The van der Waals surface area contributed by atoms with Gasteiger partial charge in [0.05, 0.1) is 6.61 Å². The number of aliphatic hydroxyl groups excluding tert-OH is 1. The van der Waals surface area contributed by atoms with Gasteiger partial charge in [-0.15, -0.1) is 0 Å². The minimum atomic E-state index is -0.267. The molecular formula is C32H45NO4. The molecule has 1 N–H and O–H groups in total. The normalized spacial score (nSPS) is 42.9. The van der Waals surface area contributed by atoms with E-state index in [1.807, 2.05) is 6.92 Å². The summed E-state index contributed by atoms with van der Waals surface area (Å²) >= 11 is 0. The fourth-order valence-corrected chi connectivity index (χ4v) is 9.02. The molecule has 5 aliphatic carbocycles. The maximum atomic E-state index is 12.7. The summed E-state index contributed by atoms with van der Waals surface area (Å²) in [5.74, 6) is 0.142. The predicted octanol–water partition coefficient (Wildman–Crippen LogP) is 7.31. The smallest absolute Gasteiger partial charge is 0.409 e. The summed E-state index contributed by atoms with van der Waals surface area (Å²) in [5.41, 5.74) is 4.43. The van der Waals surface area contributed by atoms with E-state index < -0.39 is 0 Å². The molecule has 0 bridgehead atoms. The van der Waals surface area contributed by atoms with Gasteiger partial charge in [-0.05, 0) is 91.3 Å². The summed E-state index contributed by atoms with van der Waals surface area (Å²) in [7, 11) is 3.47. The molecular weight excluding hydrogens is 462 g/mol. The van der Waals surface area contributed by atoms with E-state index in [-0.39, 0.29) is 44.7 Å². The highest BCUT2D eigenvalue weighted by Crippen LogP contribution is 2.75. The Hall–Kier alpha value is -2.30. The predicted molar refractivity (Wildman–Crippen MR) is 146 cm³/mol. The first-order valence-electron chi connectivity index (χ1n) is 14.0. The van der Waals surface area contributed by atoms with Crippen LogP contribution in [-0.2, 0) is 9.53 Å². The van der Waals surface area contributed by atoms with Crippen LogP contribution in [0.25, 0.3) is 0 Å². The molecule has 202 valence electrons. The fraction of sp³-hybridized carbons (Fsp3) is 0.688. The van der Waals surface area contributed by atoms with Gasteiger partial charge in [-0.3, -0.25) is 4.79 Å². The van der Waals surface area contributed by atoms with Crippen molar-refractivity contribution in [3.05, 3.63) is 46.3 Å². The van der Waals surface area contributed by atoms with Crippen LogP contribution in [0.2, 0.25) is 0 Å². The van der Waals surface area contributed by atoms with Crippen LogP contribution in [0.3, 0.4) is 0 Å². The third-order valence-corrected chi connectivity index (χ3v) is 11.9. The first kappa shape index (κ1) is 26.3. The van der Waals surface area contributed by atoms with E-state index in [2.05, 4.69) is 46.8 Å². The zero-order chi connectivity index (χ0) is 27.2. The minimum absolute atomic E-state index is 0.00572. The van der Waals surface area contributed by atoms with Crippen LogP contribution in [0.15, 0.2) is 46.3 Å². The van der Waals surface area contributed by atoms with Crippen molar-refractivity contribution in [2.45, 2.75) is 86.5 Å². The van der Waals surface area contributed by atoms with Gasteiger partial charge in [0.15, 0.2) is 5.76 Å². The summed E-state index contributed by atoms with van der Waals surface area (Å²) < 4.78 is 5.75. The van der Waals surface area contributed by atoms with Crippen molar-refractivity contribution < 1.29 is 19.4 Å². The Morgan fingerprint density at radius 1 is 1.03 bits per heavy atom. The largest absolute Gasteiger partial charge is 0.504 e. The van der Waals surface area contributed by atoms with Crippen LogP contribution in [0.5, 0.6) is 0 Å². The second-order valence-electron chi connectivity index (χ2n) is 14.3. The minimum Gasteiger partial charge on any atom is -0.504 e. The number of ketones is 1. The van der Waals surface area contributed by atoms with Crippen LogP contribution < -0.4 is 0 Å². The number of fused-ring (bicyclic) bond motifs is 7. The highest BCUT2D eigenvalue weighted by molar-refractivity contribution is 6.06. The summed E-state index contributed by atoms with van der Waals surface area (Å²) in [6.07, 6.45) is 13.7. The lowest BCUT2D eigenvalue weighted by Gasteiger charge is -2.70. The number of aliphatic hydroxyl groups is 1. The zero-order valence-corrected chi connectivity index (χ0v) is 24.1. The van der Waals surface area contributed by atoms with Crippen molar-refractivity contribution >= 4 is 11.9 Å². The van der Waals surface area contributed by atoms with Crippen molar-refractivity contribution in [3.8, 4) is 0 Å². The maximum Gasteiger partial charge on any atom is 0.409 e. The molecule has 5 rings (SSSR count). The average molecular weight is 508 g/mol. The molecule has 5 nitrogen and oxygen atoms in total. The fourth-order valence-electron chi connectivity index (χ4n) is 9.02. The molecule has 0 spiro atoms. The summed E-state index contributed by atoms with van der Waals surface area (Å²) in [6, 6.07) is 0. The number of ether oxygens (including phenoxy) is 1. The number of rotatable bonds is 2. The van der Waals surface area contributed by atoms with Crippen molar-refractivity contribution in [1.29, 1.82) is 0 Å². The standard InChI is InChI=1S/C32H45NO4/c1-20-21-9-10-24-30(4,22(21)17-23(34)26(20)35)14-16-32(6)25-18-28(2,19-37-27(36)33(7)8)11-12-29(25,3)13-15-31(24,32)5/h9-10,17,25,35H,11-16,18-19H2,1-8H3/t25-,28-,29+,30+,31-,32+/m1/s1. The first-order valence-corrected chi connectivity index (χ1v) is 14.0. The van der Waals surface area contributed by atoms with Crippen LogP contribution in [0.1, 0.15) is 86.5 Å². The van der Waals surface area contributed by atoms with Crippen LogP contribution in [0, 0.1) is 33.0 Å². The Labute approximate surface area is 222 Å². The number of nitrogens with zero attached hydrogens (tertiary/aromatic N) is 1. The molecule has 5 aliphatic rings. The van der Waals surface area contributed by atoms with Crippen LogP contribution in [0.4, 0.5) is 4.79 Å². The molecule has 0 unspecified atom stereocenters. The molecule has 37 heavy (non-hydrogen) atoms. The Morgan fingerprint density at radius 3 is 2.38 bits per heavy atom. The molecule has 0 heterocycles.